The monoisotopic (exact) mass is 485 g/mol. The number of benzene rings is 1. The number of rotatable bonds is 10. The van der Waals surface area contributed by atoms with Crippen LogP contribution >= 0.6 is 24.0 Å². The lowest BCUT2D eigenvalue weighted by molar-refractivity contribution is 0.108. The quantitative estimate of drug-likeness (QED) is 0.235. The first-order chi connectivity index (χ1) is 12.7. The molecule has 150 valence electrons. The molecule has 0 aliphatic heterocycles. The van der Waals surface area contributed by atoms with E-state index >= 15 is 0 Å². The summed E-state index contributed by atoms with van der Waals surface area (Å²) in [7, 11) is 1.79. The first kappa shape index (κ1) is 23.4. The second-order valence-corrected chi connectivity index (χ2v) is 6.73. The van der Waals surface area contributed by atoms with Crippen molar-refractivity contribution >= 4 is 29.9 Å². The first-order valence-electron chi connectivity index (χ1n) is 9.23. The maximum atomic E-state index is 5.59. The molecule has 0 aliphatic rings. The van der Waals surface area contributed by atoms with E-state index in [4.69, 9.17) is 4.74 Å². The molecule has 6 nitrogen and oxygen atoms in total. The van der Waals surface area contributed by atoms with Crippen LogP contribution in [0.2, 0.25) is 0 Å². The van der Waals surface area contributed by atoms with Crippen LogP contribution in [0.1, 0.15) is 31.4 Å². The molecule has 1 heterocycles. The highest BCUT2D eigenvalue weighted by atomic mass is 127. The second-order valence-electron chi connectivity index (χ2n) is 6.73. The summed E-state index contributed by atoms with van der Waals surface area (Å²) in [5, 5.41) is 6.69. The Labute approximate surface area is 179 Å². The maximum Gasteiger partial charge on any atom is 0.191 e. The van der Waals surface area contributed by atoms with Crippen molar-refractivity contribution in [3.63, 3.8) is 0 Å². The minimum atomic E-state index is 0. The highest BCUT2D eigenvalue weighted by Gasteiger charge is 2.01. The minimum absolute atomic E-state index is 0. The summed E-state index contributed by atoms with van der Waals surface area (Å²) in [5.74, 6) is 1.40. The van der Waals surface area contributed by atoms with Gasteiger partial charge < -0.3 is 19.9 Å². The molecule has 0 aliphatic carbocycles. The first-order valence-corrected chi connectivity index (χ1v) is 9.23. The molecule has 27 heavy (non-hydrogen) atoms. The molecule has 2 N–H and O–H groups in total. The lowest BCUT2D eigenvalue weighted by Gasteiger charge is -2.13. The highest BCUT2D eigenvalue weighted by Crippen LogP contribution is 2.07. The van der Waals surface area contributed by atoms with E-state index in [0.29, 0.717) is 5.92 Å². The molecule has 7 heteroatoms. The number of hydrogen-bond donors (Lipinski definition) is 2. The summed E-state index contributed by atoms with van der Waals surface area (Å²) in [6.45, 7) is 8.33. The zero-order chi connectivity index (χ0) is 18.6. The number of nitrogens with one attached hydrogen (secondary N) is 2. The SMILES string of the molecule is CN=C(NCCCOCC(C)C)NCc1cccc(Cn2ccnc2)c1.I. The molecule has 0 radical (unpaired) electrons. The molecule has 0 saturated heterocycles. The fraction of sp³-hybridized carbons (Fsp3) is 0.500. The second kappa shape index (κ2) is 13.5. The summed E-state index contributed by atoms with van der Waals surface area (Å²) in [5.41, 5.74) is 2.48. The number of hydrogen-bond acceptors (Lipinski definition) is 3. The molecule has 0 fully saturated rings. The van der Waals surface area contributed by atoms with Gasteiger partial charge in [0, 0.05) is 52.3 Å². The average molecular weight is 485 g/mol. The van der Waals surface area contributed by atoms with Crippen molar-refractivity contribution < 1.29 is 4.74 Å². The van der Waals surface area contributed by atoms with Gasteiger partial charge in [-0.15, -0.1) is 24.0 Å². The summed E-state index contributed by atoms with van der Waals surface area (Å²) in [6.07, 6.45) is 6.58. The topological polar surface area (TPSA) is 63.5 Å². The van der Waals surface area contributed by atoms with Gasteiger partial charge in [-0.25, -0.2) is 4.98 Å². The fourth-order valence-electron chi connectivity index (χ4n) is 2.54. The fourth-order valence-corrected chi connectivity index (χ4v) is 2.54. The molecular formula is C20H32IN5O. The zero-order valence-corrected chi connectivity index (χ0v) is 18.8. The lowest BCUT2D eigenvalue weighted by atomic mass is 10.1. The molecule has 0 amide bonds. The van der Waals surface area contributed by atoms with Crippen LogP contribution in [-0.2, 0) is 17.8 Å². The van der Waals surface area contributed by atoms with Gasteiger partial charge in [0.05, 0.1) is 6.33 Å². The molecule has 1 aromatic carbocycles. The molecule has 2 rings (SSSR count). The van der Waals surface area contributed by atoms with Crippen molar-refractivity contribution in [3.8, 4) is 0 Å². The minimum Gasteiger partial charge on any atom is -0.381 e. The maximum absolute atomic E-state index is 5.59. The van der Waals surface area contributed by atoms with Crippen LogP contribution in [0.4, 0.5) is 0 Å². The molecule has 2 aromatic rings. The standard InChI is InChI=1S/C20H31N5O.HI/c1-17(2)15-26-11-5-8-23-20(21-3)24-13-18-6-4-7-19(12-18)14-25-10-9-22-16-25;/h4,6-7,9-10,12,16-17H,5,8,11,13-15H2,1-3H3,(H2,21,23,24);1H. The van der Waals surface area contributed by atoms with E-state index in [-0.39, 0.29) is 24.0 Å². The number of halogens is 1. The van der Waals surface area contributed by atoms with Crippen molar-refractivity contribution in [1.82, 2.24) is 20.2 Å². The van der Waals surface area contributed by atoms with Crippen LogP contribution in [0, 0.1) is 5.92 Å². The van der Waals surface area contributed by atoms with Gasteiger partial charge in [0.2, 0.25) is 0 Å². The van der Waals surface area contributed by atoms with E-state index in [2.05, 4.69) is 63.3 Å². The molecule has 0 spiro atoms. The summed E-state index contributed by atoms with van der Waals surface area (Å²) < 4.78 is 7.65. The van der Waals surface area contributed by atoms with Gasteiger partial charge >= 0.3 is 0 Å². The number of aliphatic imine (C=N–C) groups is 1. The van der Waals surface area contributed by atoms with Crippen LogP contribution in [0.3, 0.4) is 0 Å². The number of imidazole rings is 1. The summed E-state index contributed by atoms with van der Waals surface area (Å²) in [4.78, 5) is 8.36. The van der Waals surface area contributed by atoms with Crippen molar-refractivity contribution in [1.29, 1.82) is 0 Å². The third kappa shape index (κ3) is 9.76. The van der Waals surface area contributed by atoms with Crippen molar-refractivity contribution in [3.05, 3.63) is 54.1 Å². The normalized spacial score (nSPS) is 11.3. The number of ether oxygens (including phenoxy) is 1. The highest BCUT2D eigenvalue weighted by molar-refractivity contribution is 14.0. The Morgan fingerprint density at radius 3 is 2.78 bits per heavy atom. The molecule has 0 bridgehead atoms. The van der Waals surface area contributed by atoms with Crippen LogP contribution < -0.4 is 10.6 Å². The van der Waals surface area contributed by atoms with E-state index in [1.807, 2.05) is 12.5 Å². The zero-order valence-electron chi connectivity index (χ0n) is 16.5. The van der Waals surface area contributed by atoms with Gasteiger partial charge in [0.15, 0.2) is 5.96 Å². The smallest absolute Gasteiger partial charge is 0.191 e. The van der Waals surface area contributed by atoms with Crippen molar-refractivity contribution in [2.45, 2.75) is 33.4 Å². The van der Waals surface area contributed by atoms with Gasteiger partial charge in [-0.05, 0) is 23.5 Å². The van der Waals surface area contributed by atoms with Gasteiger partial charge in [-0.1, -0.05) is 38.1 Å². The molecule has 0 atom stereocenters. The van der Waals surface area contributed by atoms with Gasteiger partial charge in [0.1, 0.15) is 0 Å². The Kier molecular flexibility index (Phi) is 11.8. The number of guanidine groups is 1. The summed E-state index contributed by atoms with van der Waals surface area (Å²) in [6, 6.07) is 8.55. The van der Waals surface area contributed by atoms with Gasteiger partial charge in [0.25, 0.3) is 0 Å². The molecule has 0 unspecified atom stereocenters. The Balaban J connectivity index is 0.00000364. The van der Waals surface area contributed by atoms with E-state index < -0.39 is 0 Å². The predicted octanol–water partition coefficient (Wildman–Crippen LogP) is 3.28. The molecular weight excluding hydrogens is 453 g/mol. The van der Waals surface area contributed by atoms with Crippen LogP contribution in [0.15, 0.2) is 48.0 Å². The Hall–Kier alpha value is -1.61. The Morgan fingerprint density at radius 1 is 1.26 bits per heavy atom. The third-order valence-electron chi connectivity index (χ3n) is 3.81. The average Bonchev–Trinajstić information content (AvgIpc) is 3.13. The largest absolute Gasteiger partial charge is 0.381 e. The van der Waals surface area contributed by atoms with E-state index in [1.165, 1.54) is 11.1 Å². The number of nitrogens with zero attached hydrogens (tertiary/aromatic N) is 3. The van der Waals surface area contributed by atoms with E-state index in [0.717, 1.165) is 45.2 Å². The van der Waals surface area contributed by atoms with Gasteiger partial charge in [-0.3, -0.25) is 4.99 Å². The van der Waals surface area contributed by atoms with E-state index in [1.54, 1.807) is 13.2 Å². The number of aromatic nitrogens is 2. The Morgan fingerprint density at radius 2 is 2.07 bits per heavy atom. The molecule has 0 saturated carbocycles. The van der Waals surface area contributed by atoms with Gasteiger partial charge in [-0.2, -0.15) is 0 Å². The van der Waals surface area contributed by atoms with Crippen LogP contribution in [0.25, 0.3) is 0 Å². The Bertz CT molecular complexity index is 658. The van der Waals surface area contributed by atoms with Crippen LogP contribution in [0.5, 0.6) is 0 Å². The predicted molar refractivity (Wildman–Crippen MR) is 122 cm³/mol. The van der Waals surface area contributed by atoms with E-state index in [9.17, 15) is 0 Å². The third-order valence-corrected chi connectivity index (χ3v) is 3.81. The summed E-state index contributed by atoms with van der Waals surface area (Å²) >= 11 is 0. The van der Waals surface area contributed by atoms with Crippen molar-refractivity contribution in [2.24, 2.45) is 10.9 Å². The van der Waals surface area contributed by atoms with Crippen molar-refractivity contribution in [2.75, 3.05) is 26.8 Å². The van der Waals surface area contributed by atoms with Crippen LogP contribution in [-0.4, -0.2) is 42.3 Å². The lowest BCUT2D eigenvalue weighted by Crippen LogP contribution is -2.37. The molecule has 1 aromatic heterocycles.